The number of ether oxygens (including phenoxy) is 1. The highest BCUT2D eigenvalue weighted by atomic mass is 16.5. The first kappa shape index (κ1) is 23.6. The van der Waals surface area contributed by atoms with Gasteiger partial charge in [0.2, 0.25) is 0 Å². The van der Waals surface area contributed by atoms with Gasteiger partial charge in [-0.05, 0) is 97.3 Å². The summed E-state index contributed by atoms with van der Waals surface area (Å²) in [5.41, 5.74) is 1.55. The zero-order valence-electron chi connectivity index (χ0n) is 22.1. The third kappa shape index (κ3) is 3.62. The van der Waals surface area contributed by atoms with E-state index in [0.717, 1.165) is 41.7 Å². The lowest BCUT2D eigenvalue weighted by molar-refractivity contribution is -0.157. The van der Waals surface area contributed by atoms with Crippen molar-refractivity contribution in [2.24, 2.45) is 52.3 Å². The molecule has 2 aromatic rings. The van der Waals surface area contributed by atoms with E-state index in [9.17, 15) is 4.79 Å². The van der Waals surface area contributed by atoms with Crippen molar-refractivity contribution in [2.75, 3.05) is 13.7 Å². The van der Waals surface area contributed by atoms with Crippen molar-refractivity contribution in [3.63, 3.8) is 0 Å². The molecule has 0 N–H and O–H groups in total. The fraction of sp³-hybridized carbons (Fsp3) is 0.767. The molecule has 2 aromatic heterocycles. The fourth-order valence-corrected chi connectivity index (χ4v) is 9.85. The van der Waals surface area contributed by atoms with E-state index in [1.165, 1.54) is 44.9 Å². The molecule has 0 bridgehead atoms. The summed E-state index contributed by atoms with van der Waals surface area (Å²) in [5, 5.41) is 5.59. The summed E-state index contributed by atoms with van der Waals surface area (Å²) >= 11 is 0. The van der Waals surface area contributed by atoms with E-state index >= 15 is 0 Å². The van der Waals surface area contributed by atoms with Crippen molar-refractivity contribution in [3.05, 3.63) is 24.7 Å². The number of rotatable bonds is 5. The van der Waals surface area contributed by atoms with E-state index in [2.05, 4.69) is 30.9 Å². The minimum atomic E-state index is 0.108. The number of pyridine rings is 1. The van der Waals surface area contributed by atoms with Gasteiger partial charge in [-0.2, -0.15) is 5.10 Å². The van der Waals surface area contributed by atoms with E-state index in [4.69, 9.17) is 4.74 Å². The highest BCUT2D eigenvalue weighted by Crippen LogP contribution is 2.69. The average molecular weight is 478 g/mol. The Hall–Kier alpha value is -1.75. The predicted molar refractivity (Wildman–Crippen MR) is 138 cm³/mol. The molecule has 4 saturated carbocycles. The van der Waals surface area contributed by atoms with Crippen LogP contribution in [0.2, 0.25) is 0 Å². The van der Waals surface area contributed by atoms with Gasteiger partial charge in [0.05, 0.1) is 17.9 Å². The first-order valence-corrected chi connectivity index (χ1v) is 14.1. The second-order valence-electron chi connectivity index (χ2n) is 13.2. The van der Waals surface area contributed by atoms with Crippen molar-refractivity contribution in [1.82, 2.24) is 14.8 Å². The molecule has 6 rings (SSSR count). The lowest BCUT2D eigenvalue weighted by Gasteiger charge is -2.63. The van der Waals surface area contributed by atoms with E-state index in [1.807, 2.05) is 30.3 Å². The smallest absolute Gasteiger partial charge is 0.157 e. The van der Waals surface area contributed by atoms with Crippen LogP contribution in [0, 0.1) is 52.3 Å². The summed E-state index contributed by atoms with van der Waals surface area (Å²) in [5.74, 6) is 5.01. The van der Waals surface area contributed by atoms with Gasteiger partial charge >= 0.3 is 0 Å². The zero-order valence-corrected chi connectivity index (χ0v) is 22.1. The molecule has 5 heteroatoms. The molecule has 9 atom stereocenters. The maximum Gasteiger partial charge on any atom is 0.157 e. The van der Waals surface area contributed by atoms with Crippen molar-refractivity contribution in [3.8, 4) is 0 Å². The van der Waals surface area contributed by atoms with Gasteiger partial charge < -0.3 is 4.74 Å². The van der Waals surface area contributed by atoms with Crippen LogP contribution in [0.25, 0.3) is 10.9 Å². The number of nitrogens with zero attached hydrogens (tertiary/aromatic N) is 3. The summed E-state index contributed by atoms with van der Waals surface area (Å²) in [6, 6.07) is 1.97. The molecule has 4 aliphatic carbocycles. The number of ketones is 1. The van der Waals surface area contributed by atoms with Crippen LogP contribution in [0.3, 0.4) is 0 Å². The molecule has 0 aromatic carbocycles. The molecule has 0 saturated heterocycles. The quantitative estimate of drug-likeness (QED) is 0.517. The molecule has 0 spiro atoms. The van der Waals surface area contributed by atoms with E-state index in [-0.39, 0.29) is 11.3 Å². The summed E-state index contributed by atoms with van der Waals surface area (Å²) in [6.45, 7) is 8.82. The van der Waals surface area contributed by atoms with Gasteiger partial charge in [-0.1, -0.05) is 27.2 Å². The molecule has 4 aliphatic rings. The molecule has 2 heterocycles. The monoisotopic (exact) mass is 477 g/mol. The number of methoxy groups -OCH3 is 1. The fourth-order valence-electron chi connectivity index (χ4n) is 9.85. The van der Waals surface area contributed by atoms with Crippen LogP contribution < -0.4 is 0 Å². The lowest BCUT2D eigenvalue weighted by atomic mass is 9.42. The molecule has 4 fully saturated rings. The number of carbonyl (C=O) groups is 1. The van der Waals surface area contributed by atoms with E-state index < -0.39 is 0 Å². The van der Waals surface area contributed by atoms with Crippen LogP contribution in [-0.4, -0.2) is 34.3 Å². The molecule has 190 valence electrons. The van der Waals surface area contributed by atoms with Crippen LogP contribution in [0.1, 0.15) is 72.1 Å². The van der Waals surface area contributed by atoms with Gasteiger partial charge in [0.15, 0.2) is 5.78 Å². The third-order valence-electron chi connectivity index (χ3n) is 11.6. The Morgan fingerprint density at radius 1 is 1.09 bits per heavy atom. The summed E-state index contributed by atoms with van der Waals surface area (Å²) in [6.07, 6.45) is 15.7. The number of Topliss-reactive ketones (excluding diaryl/α,β-unsaturated/α-hetero) is 1. The molecule has 0 aliphatic heterocycles. The third-order valence-corrected chi connectivity index (χ3v) is 11.6. The van der Waals surface area contributed by atoms with Crippen molar-refractivity contribution >= 4 is 16.7 Å². The molecule has 0 amide bonds. The van der Waals surface area contributed by atoms with Crippen LogP contribution in [0.4, 0.5) is 0 Å². The lowest BCUT2D eigenvalue weighted by Crippen LogP contribution is -2.57. The highest BCUT2D eigenvalue weighted by Gasteiger charge is 2.63. The predicted octanol–water partition coefficient (Wildman–Crippen LogP) is 6.17. The summed E-state index contributed by atoms with van der Waals surface area (Å²) in [7, 11) is 1.89. The second-order valence-corrected chi connectivity index (χ2v) is 13.2. The van der Waals surface area contributed by atoms with Crippen molar-refractivity contribution in [1.29, 1.82) is 0 Å². The van der Waals surface area contributed by atoms with Crippen LogP contribution in [0.15, 0.2) is 24.7 Å². The van der Waals surface area contributed by atoms with Crippen LogP contribution in [0.5, 0.6) is 0 Å². The Kier molecular flexibility index (Phi) is 5.86. The Morgan fingerprint density at radius 3 is 2.71 bits per heavy atom. The SMILES string of the molecule is COCC1CC2CC(C)CCC2(C)C2CCC3(C)C(C(=O)Cn4ncc5ccncc54)CCC3C12. The largest absolute Gasteiger partial charge is 0.384 e. The second kappa shape index (κ2) is 8.68. The van der Waals surface area contributed by atoms with Gasteiger partial charge in [0.1, 0.15) is 6.54 Å². The van der Waals surface area contributed by atoms with E-state index in [1.54, 1.807) is 6.20 Å². The van der Waals surface area contributed by atoms with Gasteiger partial charge in [-0.15, -0.1) is 0 Å². The number of carbonyl (C=O) groups excluding carboxylic acids is 1. The number of fused-ring (bicyclic) bond motifs is 6. The average Bonchev–Trinajstić information content (AvgIpc) is 3.41. The Morgan fingerprint density at radius 2 is 1.89 bits per heavy atom. The molecule has 9 unspecified atom stereocenters. The first-order valence-electron chi connectivity index (χ1n) is 14.1. The highest BCUT2D eigenvalue weighted by molar-refractivity contribution is 5.84. The number of hydrogen-bond acceptors (Lipinski definition) is 4. The van der Waals surface area contributed by atoms with Gasteiger partial charge in [0, 0.05) is 31.2 Å². The molecular formula is C30H43N3O2. The Balaban J connectivity index is 1.27. The standard InChI is InChI=1S/C30H43N3O2/c1-19-7-10-29(2)22(13-19)14-21(18-35-4)28-24-6-5-23(30(24,3)11-8-25(28)29)27(34)17-33-26-16-31-12-9-20(26)15-32-33/h9,12,15-16,19,21-25,28H,5-8,10-11,13-14,17-18H2,1-4H3. The molecule has 5 nitrogen and oxygen atoms in total. The Bertz CT molecular complexity index is 1100. The summed E-state index contributed by atoms with van der Waals surface area (Å²) in [4.78, 5) is 18.1. The normalized spacial score (nSPS) is 42.9. The van der Waals surface area contributed by atoms with Crippen LogP contribution in [-0.2, 0) is 16.1 Å². The van der Waals surface area contributed by atoms with Gasteiger partial charge in [0.25, 0.3) is 0 Å². The number of hydrogen-bond donors (Lipinski definition) is 0. The summed E-state index contributed by atoms with van der Waals surface area (Å²) < 4.78 is 7.72. The van der Waals surface area contributed by atoms with Gasteiger partial charge in [-0.25, -0.2) is 0 Å². The maximum absolute atomic E-state index is 13.8. The molecule has 35 heavy (non-hydrogen) atoms. The first-order chi connectivity index (χ1) is 16.8. The van der Waals surface area contributed by atoms with Crippen LogP contribution >= 0.6 is 0 Å². The topological polar surface area (TPSA) is 57.0 Å². The van der Waals surface area contributed by atoms with E-state index in [0.29, 0.717) is 35.5 Å². The minimum absolute atomic E-state index is 0.108. The maximum atomic E-state index is 13.8. The zero-order chi connectivity index (χ0) is 24.4. The Labute approximate surface area is 210 Å². The molecular weight excluding hydrogens is 434 g/mol. The van der Waals surface area contributed by atoms with Gasteiger partial charge in [-0.3, -0.25) is 14.5 Å². The number of aromatic nitrogens is 3. The minimum Gasteiger partial charge on any atom is -0.384 e. The molecule has 0 radical (unpaired) electrons. The van der Waals surface area contributed by atoms with Crippen molar-refractivity contribution in [2.45, 2.75) is 78.7 Å². The van der Waals surface area contributed by atoms with Crippen molar-refractivity contribution < 1.29 is 9.53 Å².